The van der Waals surface area contributed by atoms with Crippen LogP contribution in [0.3, 0.4) is 0 Å². The van der Waals surface area contributed by atoms with Crippen LogP contribution in [0, 0.1) is 0 Å². The molecule has 1 N–H and O–H groups in total. The standard InChI is InChI=1S/C12H20N2OS2/c1-4-14-6-5-13-12(14)11(15)10-7-16-8(2)9(3)17-10/h5-6,8-11,15H,4,7H2,1-3H3. The monoisotopic (exact) mass is 272 g/mol. The first-order chi connectivity index (χ1) is 8.13. The van der Waals surface area contributed by atoms with Gasteiger partial charge >= 0.3 is 0 Å². The molecule has 0 radical (unpaired) electrons. The molecular weight excluding hydrogens is 252 g/mol. The van der Waals surface area contributed by atoms with Crippen molar-refractivity contribution < 1.29 is 5.11 Å². The SMILES string of the molecule is CCn1ccnc1C(O)C1CSC(C)C(C)S1. The van der Waals surface area contributed by atoms with Crippen LogP contribution < -0.4 is 0 Å². The van der Waals surface area contributed by atoms with Gasteiger partial charge in [-0.05, 0) is 6.92 Å². The van der Waals surface area contributed by atoms with Crippen molar-refractivity contribution in [3.8, 4) is 0 Å². The van der Waals surface area contributed by atoms with E-state index >= 15 is 0 Å². The van der Waals surface area contributed by atoms with Gasteiger partial charge in [-0.15, -0.1) is 0 Å². The predicted molar refractivity (Wildman–Crippen MR) is 75.6 cm³/mol. The number of hydrogen-bond acceptors (Lipinski definition) is 4. The van der Waals surface area contributed by atoms with Crippen LogP contribution in [-0.4, -0.2) is 36.2 Å². The first kappa shape index (κ1) is 13.3. The Kier molecular flexibility index (Phi) is 4.44. The van der Waals surface area contributed by atoms with Crippen LogP contribution in [0.25, 0.3) is 0 Å². The van der Waals surface area contributed by atoms with E-state index in [9.17, 15) is 5.11 Å². The summed E-state index contributed by atoms with van der Waals surface area (Å²) >= 11 is 3.85. The molecule has 1 aliphatic heterocycles. The second kappa shape index (κ2) is 5.67. The minimum Gasteiger partial charge on any atom is -0.384 e. The summed E-state index contributed by atoms with van der Waals surface area (Å²) in [5.41, 5.74) is 0. The highest BCUT2D eigenvalue weighted by Gasteiger charge is 2.32. The zero-order chi connectivity index (χ0) is 12.4. The average Bonchev–Trinajstić information content (AvgIpc) is 2.80. The fraction of sp³-hybridized carbons (Fsp3) is 0.750. The van der Waals surface area contributed by atoms with Gasteiger partial charge in [-0.3, -0.25) is 0 Å². The Balaban J connectivity index is 2.07. The summed E-state index contributed by atoms with van der Waals surface area (Å²) in [4.78, 5) is 4.30. The molecule has 0 spiro atoms. The highest BCUT2D eigenvalue weighted by Crippen LogP contribution is 2.40. The van der Waals surface area contributed by atoms with Crippen LogP contribution in [-0.2, 0) is 6.54 Å². The minimum atomic E-state index is -0.447. The largest absolute Gasteiger partial charge is 0.384 e. The zero-order valence-electron chi connectivity index (χ0n) is 10.5. The Labute approximate surface area is 111 Å². The average molecular weight is 272 g/mol. The number of nitrogens with zero attached hydrogens (tertiary/aromatic N) is 2. The maximum atomic E-state index is 10.4. The Bertz CT molecular complexity index is 369. The molecule has 0 aromatic carbocycles. The van der Waals surface area contributed by atoms with Crippen molar-refractivity contribution in [2.45, 2.75) is 49.2 Å². The van der Waals surface area contributed by atoms with Gasteiger partial charge in [-0.25, -0.2) is 4.98 Å². The molecule has 17 heavy (non-hydrogen) atoms. The molecule has 0 bridgehead atoms. The smallest absolute Gasteiger partial charge is 0.138 e. The molecule has 0 amide bonds. The number of aliphatic hydroxyl groups excluding tert-OH is 1. The minimum absolute atomic E-state index is 0.263. The van der Waals surface area contributed by atoms with Crippen molar-refractivity contribution in [2.75, 3.05) is 5.75 Å². The van der Waals surface area contributed by atoms with Gasteiger partial charge < -0.3 is 9.67 Å². The maximum absolute atomic E-state index is 10.4. The number of aliphatic hydroxyl groups is 1. The zero-order valence-corrected chi connectivity index (χ0v) is 12.2. The molecule has 1 aliphatic rings. The van der Waals surface area contributed by atoms with E-state index in [0.717, 1.165) is 18.1 Å². The third kappa shape index (κ3) is 2.83. The summed E-state index contributed by atoms with van der Waals surface area (Å²) in [5, 5.41) is 12.0. The van der Waals surface area contributed by atoms with E-state index in [4.69, 9.17) is 0 Å². The summed E-state index contributed by atoms with van der Waals surface area (Å²) < 4.78 is 2.03. The highest BCUT2D eigenvalue weighted by atomic mass is 32.2. The van der Waals surface area contributed by atoms with E-state index in [2.05, 4.69) is 25.8 Å². The lowest BCUT2D eigenvalue weighted by atomic mass is 10.2. The van der Waals surface area contributed by atoms with Gasteiger partial charge in [0.25, 0.3) is 0 Å². The fourth-order valence-electron chi connectivity index (χ4n) is 1.99. The van der Waals surface area contributed by atoms with E-state index < -0.39 is 6.10 Å². The van der Waals surface area contributed by atoms with Gasteiger partial charge in [-0.1, -0.05) is 13.8 Å². The van der Waals surface area contributed by atoms with Crippen molar-refractivity contribution in [1.29, 1.82) is 0 Å². The Morgan fingerprint density at radius 3 is 2.94 bits per heavy atom. The van der Waals surface area contributed by atoms with Crippen LogP contribution in [0.4, 0.5) is 0 Å². The van der Waals surface area contributed by atoms with E-state index in [1.54, 1.807) is 6.20 Å². The number of thioether (sulfide) groups is 2. The fourth-order valence-corrected chi connectivity index (χ4v) is 4.96. The molecule has 1 aromatic rings. The second-order valence-electron chi connectivity index (χ2n) is 4.43. The van der Waals surface area contributed by atoms with Gasteiger partial charge in [0.15, 0.2) is 0 Å². The third-order valence-corrected chi connectivity index (χ3v) is 6.76. The molecule has 1 saturated heterocycles. The van der Waals surface area contributed by atoms with Crippen LogP contribution in [0.1, 0.15) is 32.7 Å². The van der Waals surface area contributed by atoms with E-state index in [-0.39, 0.29) is 5.25 Å². The number of aryl methyl sites for hydroxylation is 1. The number of aromatic nitrogens is 2. The molecule has 2 rings (SSSR count). The molecule has 5 heteroatoms. The summed E-state index contributed by atoms with van der Waals surface area (Å²) in [6.07, 6.45) is 3.26. The van der Waals surface area contributed by atoms with Crippen molar-refractivity contribution in [1.82, 2.24) is 9.55 Å². The highest BCUT2D eigenvalue weighted by molar-refractivity contribution is 8.07. The summed E-state index contributed by atoms with van der Waals surface area (Å²) in [6, 6.07) is 0. The van der Waals surface area contributed by atoms with Crippen molar-refractivity contribution >= 4 is 23.5 Å². The van der Waals surface area contributed by atoms with Crippen molar-refractivity contribution in [3.63, 3.8) is 0 Å². The van der Waals surface area contributed by atoms with E-state index in [1.807, 2.05) is 34.3 Å². The Morgan fingerprint density at radius 1 is 1.53 bits per heavy atom. The van der Waals surface area contributed by atoms with E-state index in [0.29, 0.717) is 10.5 Å². The lowest BCUT2D eigenvalue weighted by molar-refractivity contribution is 0.165. The number of imidazole rings is 1. The topological polar surface area (TPSA) is 38.0 Å². The first-order valence-corrected chi connectivity index (χ1v) is 8.08. The summed E-state index contributed by atoms with van der Waals surface area (Å²) in [7, 11) is 0. The van der Waals surface area contributed by atoms with Gasteiger partial charge in [0.1, 0.15) is 11.9 Å². The quantitative estimate of drug-likeness (QED) is 0.918. The number of hydrogen-bond donors (Lipinski definition) is 1. The first-order valence-electron chi connectivity index (χ1n) is 6.09. The van der Waals surface area contributed by atoms with Gasteiger partial charge in [0, 0.05) is 40.4 Å². The third-order valence-electron chi connectivity index (χ3n) is 3.28. The molecular formula is C12H20N2OS2. The Morgan fingerprint density at radius 2 is 2.29 bits per heavy atom. The van der Waals surface area contributed by atoms with Crippen LogP contribution in [0.15, 0.2) is 12.4 Å². The van der Waals surface area contributed by atoms with Crippen LogP contribution in [0.5, 0.6) is 0 Å². The second-order valence-corrected chi connectivity index (χ2v) is 7.47. The van der Waals surface area contributed by atoms with Crippen LogP contribution in [0.2, 0.25) is 0 Å². The lowest BCUT2D eigenvalue weighted by Crippen LogP contribution is -2.31. The molecule has 4 unspecified atom stereocenters. The lowest BCUT2D eigenvalue weighted by Gasteiger charge is -2.33. The van der Waals surface area contributed by atoms with Crippen LogP contribution >= 0.6 is 23.5 Å². The maximum Gasteiger partial charge on any atom is 0.138 e. The summed E-state index contributed by atoms with van der Waals surface area (Å²) in [6.45, 7) is 7.44. The van der Waals surface area contributed by atoms with Gasteiger partial charge in [-0.2, -0.15) is 23.5 Å². The molecule has 1 aromatic heterocycles. The molecule has 2 heterocycles. The van der Waals surface area contributed by atoms with E-state index in [1.165, 1.54) is 0 Å². The number of rotatable bonds is 3. The van der Waals surface area contributed by atoms with Crippen molar-refractivity contribution in [3.05, 3.63) is 18.2 Å². The Hall–Kier alpha value is -0.130. The van der Waals surface area contributed by atoms with Gasteiger partial charge in [0.05, 0.1) is 0 Å². The molecule has 3 nitrogen and oxygen atoms in total. The predicted octanol–water partition coefficient (Wildman–Crippen LogP) is 2.56. The summed E-state index contributed by atoms with van der Waals surface area (Å²) in [5.74, 6) is 1.82. The normalized spacial score (nSPS) is 31.4. The molecule has 96 valence electrons. The molecule has 0 aliphatic carbocycles. The molecule has 0 saturated carbocycles. The van der Waals surface area contributed by atoms with Gasteiger partial charge in [0.2, 0.25) is 0 Å². The molecule has 1 fully saturated rings. The van der Waals surface area contributed by atoms with Crippen molar-refractivity contribution in [2.24, 2.45) is 0 Å². The molecule has 4 atom stereocenters.